The molecule has 20 heavy (non-hydrogen) atoms. The second-order valence-electron chi connectivity index (χ2n) is 4.40. The Balaban J connectivity index is 1.98. The van der Waals surface area contributed by atoms with Crippen LogP contribution in [-0.2, 0) is 0 Å². The van der Waals surface area contributed by atoms with E-state index in [2.05, 4.69) is 10.3 Å². The fraction of sp³-hybridized carbons (Fsp3) is 0. The van der Waals surface area contributed by atoms with Gasteiger partial charge in [0.25, 0.3) is 5.91 Å². The average Bonchev–Trinajstić information content (AvgIpc) is 2.51. The number of fused-ring (bicyclic) bond motifs is 1. The average molecular weight is 264 g/mol. The van der Waals surface area contributed by atoms with E-state index in [9.17, 15) is 9.59 Å². The monoisotopic (exact) mass is 264 g/mol. The largest absolute Gasteiger partial charge is 0.359 e. The number of benzene rings is 2. The number of aromatic nitrogens is 1. The highest BCUT2D eigenvalue weighted by molar-refractivity contribution is 6.04. The minimum absolute atomic E-state index is 0.191. The number of carbonyl (C=O) groups is 1. The Kier molecular flexibility index (Phi) is 3.05. The summed E-state index contributed by atoms with van der Waals surface area (Å²) in [6.45, 7) is 0. The SMILES string of the molecule is O=C(Nc1c[nH]c2ccccc2c1=O)c1ccccc1. The van der Waals surface area contributed by atoms with Crippen LogP contribution in [0.25, 0.3) is 10.9 Å². The van der Waals surface area contributed by atoms with Crippen LogP contribution in [0.2, 0.25) is 0 Å². The van der Waals surface area contributed by atoms with E-state index in [0.717, 1.165) is 5.52 Å². The van der Waals surface area contributed by atoms with Crippen LogP contribution in [0.15, 0.2) is 65.6 Å². The lowest BCUT2D eigenvalue weighted by atomic mass is 10.2. The lowest BCUT2D eigenvalue weighted by Gasteiger charge is -2.05. The van der Waals surface area contributed by atoms with Gasteiger partial charge in [0.1, 0.15) is 5.69 Å². The molecule has 1 aromatic heterocycles. The van der Waals surface area contributed by atoms with Gasteiger partial charge in [0.2, 0.25) is 5.43 Å². The Labute approximate surface area is 115 Å². The van der Waals surface area contributed by atoms with Crippen molar-refractivity contribution in [2.24, 2.45) is 0 Å². The summed E-state index contributed by atoms with van der Waals surface area (Å²) in [5.41, 5.74) is 1.32. The summed E-state index contributed by atoms with van der Waals surface area (Å²) in [6.07, 6.45) is 1.52. The molecule has 0 aliphatic rings. The first-order chi connectivity index (χ1) is 9.75. The Morgan fingerprint density at radius 1 is 0.950 bits per heavy atom. The summed E-state index contributed by atoms with van der Waals surface area (Å²) in [4.78, 5) is 27.3. The Hall–Kier alpha value is -2.88. The van der Waals surface area contributed by atoms with Gasteiger partial charge < -0.3 is 10.3 Å². The second kappa shape index (κ2) is 5.01. The van der Waals surface area contributed by atoms with E-state index in [1.165, 1.54) is 6.20 Å². The number of anilines is 1. The Morgan fingerprint density at radius 3 is 2.45 bits per heavy atom. The van der Waals surface area contributed by atoms with Crippen molar-refractivity contribution in [3.63, 3.8) is 0 Å². The molecule has 0 atom stereocenters. The number of rotatable bonds is 2. The van der Waals surface area contributed by atoms with Crippen LogP contribution in [0.1, 0.15) is 10.4 Å². The van der Waals surface area contributed by atoms with Gasteiger partial charge in [-0.1, -0.05) is 30.3 Å². The van der Waals surface area contributed by atoms with E-state index < -0.39 is 0 Å². The zero-order valence-corrected chi connectivity index (χ0v) is 10.6. The summed E-state index contributed by atoms with van der Waals surface area (Å²) in [7, 11) is 0. The lowest BCUT2D eigenvalue weighted by molar-refractivity contribution is 0.102. The Bertz CT molecular complexity index is 823. The van der Waals surface area contributed by atoms with Gasteiger partial charge in [0.15, 0.2) is 0 Å². The van der Waals surface area contributed by atoms with Gasteiger partial charge in [-0.3, -0.25) is 9.59 Å². The lowest BCUT2D eigenvalue weighted by Crippen LogP contribution is -2.18. The van der Waals surface area contributed by atoms with E-state index in [0.29, 0.717) is 10.9 Å². The van der Waals surface area contributed by atoms with Crippen LogP contribution in [0.4, 0.5) is 5.69 Å². The summed E-state index contributed by atoms with van der Waals surface area (Å²) in [5.74, 6) is -0.300. The first-order valence-corrected chi connectivity index (χ1v) is 6.22. The van der Waals surface area contributed by atoms with Gasteiger partial charge in [-0.25, -0.2) is 0 Å². The smallest absolute Gasteiger partial charge is 0.255 e. The standard InChI is InChI=1S/C16H12N2O2/c19-15-12-8-4-5-9-13(12)17-10-14(15)18-16(20)11-6-2-1-3-7-11/h1-10H,(H,17,19)(H,18,20). The van der Waals surface area contributed by atoms with Crippen LogP contribution >= 0.6 is 0 Å². The highest BCUT2D eigenvalue weighted by atomic mass is 16.2. The molecule has 1 heterocycles. The van der Waals surface area contributed by atoms with E-state index in [1.54, 1.807) is 36.4 Å². The van der Waals surface area contributed by atoms with Gasteiger partial charge >= 0.3 is 0 Å². The van der Waals surface area contributed by atoms with Crippen molar-refractivity contribution in [1.29, 1.82) is 0 Å². The van der Waals surface area contributed by atoms with Crippen molar-refractivity contribution < 1.29 is 4.79 Å². The predicted molar refractivity (Wildman–Crippen MR) is 79.0 cm³/mol. The maximum absolute atomic E-state index is 12.3. The maximum Gasteiger partial charge on any atom is 0.255 e. The zero-order chi connectivity index (χ0) is 13.9. The third-order valence-electron chi connectivity index (χ3n) is 3.07. The number of hydrogen-bond acceptors (Lipinski definition) is 2. The fourth-order valence-corrected chi connectivity index (χ4v) is 2.04. The van der Waals surface area contributed by atoms with Crippen molar-refractivity contribution in [2.45, 2.75) is 0 Å². The van der Waals surface area contributed by atoms with Gasteiger partial charge in [0.05, 0.1) is 0 Å². The van der Waals surface area contributed by atoms with Crippen molar-refractivity contribution in [2.75, 3.05) is 5.32 Å². The van der Waals surface area contributed by atoms with Gasteiger partial charge in [-0.2, -0.15) is 0 Å². The molecule has 0 spiro atoms. The molecule has 3 aromatic rings. The fourth-order valence-electron chi connectivity index (χ4n) is 2.04. The van der Waals surface area contributed by atoms with Gasteiger partial charge in [-0.15, -0.1) is 0 Å². The third kappa shape index (κ3) is 2.19. The number of H-pyrrole nitrogens is 1. The molecule has 0 radical (unpaired) electrons. The first-order valence-electron chi connectivity index (χ1n) is 6.22. The number of amides is 1. The molecule has 98 valence electrons. The summed E-state index contributed by atoms with van der Waals surface area (Å²) >= 11 is 0. The number of hydrogen-bond donors (Lipinski definition) is 2. The minimum atomic E-state index is -0.300. The van der Waals surface area contributed by atoms with Crippen molar-refractivity contribution in [3.8, 4) is 0 Å². The van der Waals surface area contributed by atoms with Crippen molar-refractivity contribution >= 4 is 22.5 Å². The number of pyridine rings is 1. The van der Waals surface area contributed by atoms with E-state index in [-0.39, 0.29) is 17.0 Å². The van der Waals surface area contributed by atoms with Crippen LogP contribution in [-0.4, -0.2) is 10.9 Å². The normalized spacial score (nSPS) is 10.4. The molecule has 2 aromatic carbocycles. The van der Waals surface area contributed by atoms with E-state index >= 15 is 0 Å². The molecule has 0 saturated heterocycles. The quantitative estimate of drug-likeness (QED) is 0.747. The van der Waals surface area contributed by atoms with E-state index in [1.807, 2.05) is 18.2 Å². The molecule has 2 N–H and O–H groups in total. The zero-order valence-electron chi connectivity index (χ0n) is 10.6. The molecule has 4 heteroatoms. The minimum Gasteiger partial charge on any atom is -0.359 e. The second-order valence-corrected chi connectivity index (χ2v) is 4.40. The van der Waals surface area contributed by atoms with Crippen LogP contribution < -0.4 is 10.7 Å². The summed E-state index contributed by atoms with van der Waals surface area (Å²) in [5, 5.41) is 3.19. The summed E-state index contributed by atoms with van der Waals surface area (Å²) in [6, 6.07) is 16.0. The van der Waals surface area contributed by atoms with Crippen LogP contribution in [0, 0.1) is 0 Å². The molecule has 0 saturated carbocycles. The topological polar surface area (TPSA) is 62.0 Å². The van der Waals surface area contributed by atoms with Crippen LogP contribution in [0.5, 0.6) is 0 Å². The highest BCUT2D eigenvalue weighted by Crippen LogP contribution is 2.10. The molecule has 0 fully saturated rings. The molecule has 0 aliphatic carbocycles. The van der Waals surface area contributed by atoms with Crippen molar-refractivity contribution in [1.82, 2.24) is 4.98 Å². The van der Waals surface area contributed by atoms with Crippen molar-refractivity contribution in [3.05, 3.63) is 76.6 Å². The van der Waals surface area contributed by atoms with E-state index in [4.69, 9.17) is 0 Å². The first kappa shape index (κ1) is 12.2. The van der Waals surface area contributed by atoms with Gasteiger partial charge in [0, 0.05) is 22.7 Å². The number of nitrogens with one attached hydrogen (secondary N) is 2. The number of para-hydroxylation sites is 1. The molecular weight excluding hydrogens is 252 g/mol. The highest BCUT2D eigenvalue weighted by Gasteiger charge is 2.09. The maximum atomic E-state index is 12.3. The molecule has 1 amide bonds. The Morgan fingerprint density at radius 2 is 1.65 bits per heavy atom. The molecule has 3 rings (SSSR count). The molecule has 4 nitrogen and oxygen atoms in total. The predicted octanol–water partition coefficient (Wildman–Crippen LogP) is 2.78. The van der Waals surface area contributed by atoms with Crippen LogP contribution in [0.3, 0.4) is 0 Å². The molecule has 0 unspecified atom stereocenters. The number of carbonyl (C=O) groups excluding carboxylic acids is 1. The third-order valence-corrected chi connectivity index (χ3v) is 3.07. The molecule has 0 bridgehead atoms. The molecule has 0 aliphatic heterocycles. The molecular formula is C16H12N2O2. The number of aromatic amines is 1. The summed E-state index contributed by atoms with van der Waals surface area (Å²) < 4.78 is 0. The van der Waals surface area contributed by atoms with Gasteiger partial charge in [-0.05, 0) is 24.3 Å².